The number of halogens is 4. The van der Waals surface area contributed by atoms with Gasteiger partial charge in [0, 0.05) is 0 Å². The van der Waals surface area contributed by atoms with Crippen molar-refractivity contribution in [3.05, 3.63) is 17.0 Å². The lowest BCUT2D eigenvalue weighted by Gasteiger charge is -2.15. The monoisotopic (exact) mass is 300 g/mol. The Bertz CT molecular complexity index is 478. The maximum atomic E-state index is 12.5. The number of carboxylic acids is 1. The second kappa shape index (κ2) is 5.87. The number of amides is 2. The molecular formula is C9H8F4N2O3S. The zero-order valence-electron chi connectivity index (χ0n) is 9.12. The summed E-state index contributed by atoms with van der Waals surface area (Å²) in [5, 5.41) is 13.5. The molecule has 0 atom stereocenters. The predicted octanol–water partition coefficient (Wildman–Crippen LogP) is 2.47. The van der Waals surface area contributed by atoms with Gasteiger partial charge in [0.15, 0.2) is 0 Å². The van der Waals surface area contributed by atoms with Crippen molar-refractivity contribution in [3.8, 4) is 0 Å². The summed E-state index contributed by atoms with van der Waals surface area (Å²) in [6.45, 7) is -1.55. The molecule has 0 bridgehead atoms. The molecule has 0 aliphatic rings. The van der Waals surface area contributed by atoms with E-state index in [4.69, 9.17) is 5.11 Å². The van der Waals surface area contributed by atoms with Gasteiger partial charge in [-0.3, -0.25) is 5.32 Å². The number of rotatable bonds is 5. The Labute approximate surface area is 108 Å². The largest absolute Gasteiger partial charge is 0.478 e. The molecule has 1 aromatic rings. The fourth-order valence-corrected chi connectivity index (χ4v) is 1.77. The Morgan fingerprint density at radius 3 is 2.58 bits per heavy atom. The minimum atomic E-state index is -4.34. The molecule has 3 N–H and O–H groups in total. The highest BCUT2D eigenvalue weighted by atomic mass is 32.1. The standard InChI is InChI=1S/C9H8F4N2O3S/c10-7(11)9(12,13)3-14-8(18)15-5-4(6(16)17)1-2-19-5/h1-2,7H,3H2,(H,16,17)(H2,14,15,18). The van der Waals surface area contributed by atoms with Crippen molar-refractivity contribution in [2.75, 3.05) is 11.9 Å². The highest BCUT2D eigenvalue weighted by Gasteiger charge is 2.40. The van der Waals surface area contributed by atoms with E-state index >= 15 is 0 Å². The van der Waals surface area contributed by atoms with E-state index in [1.807, 2.05) is 5.32 Å². The number of hydrogen-bond donors (Lipinski definition) is 3. The van der Waals surface area contributed by atoms with E-state index in [9.17, 15) is 27.2 Å². The van der Waals surface area contributed by atoms with Crippen LogP contribution in [0.5, 0.6) is 0 Å². The van der Waals surface area contributed by atoms with Gasteiger partial charge in [-0.15, -0.1) is 11.3 Å². The second-order valence-corrected chi connectivity index (χ2v) is 4.25. The number of anilines is 1. The first-order valence-electron chi connectivity index (χ1n) is 4.75. The third kappa shape index (κ3) is 4.09. The van der Waals surface area contributed by atoms with Gasteiger partial charge in [-0.05, 0) is 11.4 Å². The summed E-state index contributed by atoms with van der Waals surface area (Å²) in [6, 6.07) is 0.0152. The van der Waals surface area contributed by atoms with E-state index in [1.54, 1.807) is 5.32 Å². The molecule has 0 aliphatic carbocycles. The van der Waals surface area contributed by atoms with Crippen molar-refractivity contribution < 1.29 is 32.3 Å². The van der Waals surface area contributed by atoms with Crippen LogP contribution in [0.3, 0.4) is 0 Å². The van der Waals surface area contributed by atoms with E-state index in [0.717, 1.165) is 11.3 Å². The van der Waals surface area contributed by atoms with E-state index in [1.165, 1.54) is 11.4 Å². The van der Waals surface area contributed by atoms with Gasteiger partial charge in [0.25, 0.3) is 0 Å². The zero-order valence-corrected chi connectivity index (χ0v) is 9.94. The average Bonchev–Trinajstić information content (AvgIpc) is 2.74. The molecule has 106 valence electrons. The van der Waals surface area contributed by atoms with Crippen LogP contribution in [0.25, 0.3) is 0 Å². The van der Waals surface area contributed by atoms with Crippen LogP contribution >= 0.6 is 11.3 Å². The summed E-state index contributed by atoms with van der Waals surface area (Å²) < 4.78 is 48.6. The molecule has 0 saturated heterocycles. The number of hydrogen-bond acceptors (Lipinski definition) is 3. The minimum absolute atomic E-state index is 0.0784. The number of carboxylic acid groups (broad SMARTS) is 1. The van der Waals surface area contributed by atoms with E-state index in [2.05, 4.69) is 0 Å². The van der Waals surface area contributed by atoms with Crippen molar-refractivity contribution in [3.63, 3.8) is 0 Å². The van der Waals surface area contributed by atoms with Gasteiger partial charge in [-0.1, -0.05) is 0 Å². The molecule has 2 amide bonds. The van der Waals surface area contributed by atoms with Crippen LogP contribution < -0.4 is 10.6 Å². The third-order valence-corrected chi connectivity index (χ3v) is 2.76. The lowest BCUT2D eigenvalue weighted by atomic mass is 10.3. The summed E-state index contributed by atoms with van der Waals surface area (Å²) in [5.74, 6) is -5.66. The van der Waals surface area contributed by atoms with Crippen LogP contribution in [0.15, 0.2) is 11.4 Å². The summed E-state index contributed by atoms with van der Waals surface area (Å²) in [7, 11) is 0. The Morgan fingerprint density at radius 2 is 2.05 bits per heavy atom. The maximum absolute atomic E-state index is 12.5. The van der Waals surface area contributed by atoms with Gasteiger partial charge >= 0.3 is 24.3 Å². The van der Waals surface area contributed by atoms with Crippen molar-refractivity contribution >= 4 is 28.3 Å². The summed E-state index contributed by atoms with van der Waals surface area (Å²) >= 11 is 0.857. The highest BCUT2D eigenvalue weighted by molar-refractivity contribution is 7.14. The number of carbonyl (C=O) groups excluding carboxylic acids is 1. The number of aromatic carboxylic acids is 1. The van der Waals surface area contributed by atoms with Gasteiger partial charge in [-0.2, -0.15) is 8.78 Å². The Balaban J connectivity index is 2.57. The molecule has 0 fully saturated rings. The number of urea groups is 1. The predicted molar refractivity (Wildman–Crippen MR) is 59.3 cm³/mol. The molecule has 0 spiro atoms. The topological polar surface area (TPSA) is 78.4 Å². The lowest BCUT2D eigenvalue weighted by molar-refractivity contribution is -0.123. The van der Waals surface area contributed by atoms with E-state index in [0.29, 0.717) is 0 Å². The number of nitrogens with one attached hydrogen (secondary N) is 2. The van der Waals surface area contributed by atoms with Crippen LogP contribution in [-0.4, -0.2) is 36.0 Å². The number of alkyl halides is 4. The first-order chi connectivity index (χ1) is 8.74. The van der Waals surface area contributed by atoms with Gasteiger partial charge < -0.3 is 10.4 Å². The average molecular weight is 300 g/mol. The SMILES string of the molecule is O=C(NCC(F)(F)C(F)F)Nc1sccc1C(=O)O. The van der Waals surface area contributed by atoms with E-state index in [-0.39, 0.29) is 10.6 Å². The molecule has 0 aliphatic heterocycles. The molecule has 19 heavy (non-hydrogen) atoms. The molecule has 0 aromatic carbocycles. The number of thiophene rings is 1. The van der Waals surface area contributed by atoms with Crippen molar-refractivity contribution in [2.45, 2.75) is 12.3 Å². The van der Waals surface area contributed by atoms with Crippen LogP contribution in [0.4, 0.5) is 27.4 Å². The van der Waals surface area contributed by atoms with Crippen LogP contribution in [0.2, 0.25) is 0 Å². The zero-order chi connectivity index (χ0) is 14.6. The smallest absolute Gasteiger partial charge is 0.338 e. The molecule has 0 radical (unpaired) electrons. The summed E-state index contributed by atoms with van der Waals surface area (Å²) in [5.41, 5.74) is -0.222. The molecule has 0 saturated carbocycles. The molecule has 0 unspecified atom stereocenters. The molecule has 1 rings (SSSR count). The fourth-order valence-electron chi connectivity index (χ4n) is 0.997. The molecule has 10 heteroatoms. The van der Waals surface area contributed by atoms with Gasteiger partial charge in [0.2, 0.25) is 0 Å². The normalized spacial score (nSPS) is 11.4. The van der Waals surface area contributed by atoms with Crippen LogP contribution in [-0.2, 0) is 0 Å². The Kier molecular flexibility index (Phi) is 4.70. The summed E-state index contributed by atoms with van der Waals surface area (Å²) in [4.78, 5) is 21.9. The molecule has 5 nitrogen and oxygen atoms in total. The Morgan fingerprint density at radius 1 is 1.42 bits per heavy atom. The van der Waals surface area contributed by atoms with Crippen molar-refractivity contribution in [1.82, 2.24) is 5.32 Å². The van der Waals surface area contributed by atoms with Crippen molar-refractivity contribution in [2.24, 2.45) is 0 Å². The molecular weight excluding hydrogens is 292 g/mol. The highest BCUT2D eigenvalue weighted by Crippen LogP contribution is 2.24. The minimum Gasteiger partial charge on any atom is -0.478 e. The molecule has 1 heterocycles. The maximum Gasteiger partial charge on any atom is 0.338 e. The van der Waals surface area contributed by atoms with Gasteiger partial charge in [0.05, 0.1) is 12.1 Å². The van der Waals surface area contributed by atoms with Crippen molar-refractivity contribution in [1.29, 1.82) is 0 Å². The fraction of sp³-hybridized carbons (Fsp3) is 0.333. The van der Waals surface area contributed by atoms with Crippen LogP contribution in [0.1, 0.15) is 10.4 Å². The molecule has 1 aromatic heterocycles. The quantitative estimate of drug-likeness (QED) is 0.731. The van der Waals surface area contributed by atoms with Gasteiger partial charge in [0.1, 0.15) is 5.00 Å². The summed E-state index contributed by atoms with van der Waals surface area (Å²) in [6.07, 6.45) is -3.90. The Hall–Kier alpha value is -1.84. The third-order valence-electron chi connectivity index (χ3n) is 1.93. The first kappa shape index (κ1) is 15.2. The second-order valence-electron chi connectivity index (χ2n) is 3.34. The van der Waals surface area contributed by atoms with Crippen LogP contribution in [0, 0.1) is 0 Å². The van der Waals surface area contributed by atoms with E-state index < -0.39 is 30.9 Å². The lowest BCUT2D eigenvalue weighted by Crippen LogP contribution is -2.43. The van der Waals surface area contributed by atoms with Gasteiger partial charge in [-0.25, -0.2) is 18.4 Å². The first-order valence-corrected chi connectivity index (χ1v) is 5.63. The number of carbonyl (C=O) groups is 2.